The number of halogens is 1. The summed E-state index contributed by atoms with van der Waals surface area (Å²) in [7, 11) is 1.60. The minimum absolute atomic E-state index is 0.0452. The van der Waals surface area contributed by atoms with Gasteiger partial charge in [-0.1, -0.05) is 25.1 Å². The van der Waals surface area contributed by atoms with Crippen molar-refractivity contribution < 1.29 is 18.7 Å². The summed E-state index contributed by atoms with van der Waals surface area (Å²) in [6.45, 7) is 1.98. The fraction of sp³-hybridized carbons (Fsp3) is 0.300. The van der Waals surface area contributed by atoms with Crippen LogP contribution in [0.25, 0.3) is 0 Å². The van der Waals surface area contributed by atoms with Crippen molar-refractivity contribution in [2.75, 3.05) is 12.4 Å². The predicted molar refractivity (Wildman–Crippen MR) is 96.6 cm³/mol. The highest BCUT2D eigenvalue weighted by Crippen LogP contribution is 2.33. The van der Waals surface area contributed by atoms with Crippen LogP contribution in [0.4, 0.5) is 10.1 Å². The van der Waals surface area contributed by atoms with E-state index in [-0.39, 0.29) is 24.3 Å². The van der Waals surface area contributed by atoms with Gasteiger partial charge in [0, 0.05) is 12.1 Å². The van der Waals surface area contributed by atoms with Crippen LogP contribution in [0.3, 0.4) is 0 Å². The first-order valence-electron chi connectivity index (χ1n) is 8.55. The standard InChI is InChI=1S/C20H21FN2O3/c1-3-17(12-4-7-14(26-2)8-5-12)23-20(25)16-11-19(24)22-18-10-13(21)6-9-15(16)18/h4-10,16-17H,3,11H2,1-2H3,(H,22,24)(H,23,25). The molecule has 2 N–H and O–H groups in total. The second-order valence-corrected chi connectivity index (χ2v) is 6.28. The van der Waals surface area contributed by atoms with E-state index in [9.17, 15) is 14.0 Å². The molecule has 2 atom stereocenters. The maximum atomic E-state index is 13.4. The summed E-state index contributed by atoms with van der Waals surface area (Å²) in [5.74, 6) is -0.868. The molecule has 2 aromatic carbocycles. The van der Waals surface area contributed by atoms with Gasteiger partial charge in [0.05, 0.1) is 19.1 Å². The Morgan fingerprint density at radius 2 is 2.04 bits per heavy atom. The zero-order valence-electron chi connectivity index (χ0n) is 14.7. The number of nitrogens with one attached hydrogen (secondary N) is 2. The van der Waals surface area contributed by atoms with Gasteiger partial charge in [-0.05, 0) is 41.8 Å². The highest BCUT2D eigenvalue weighted by Gasteiger charge is 2.32. The average Bonchev–Trinajstić information content (AvgIpc) is 2.65. The molecule has 0 spiro atoms. The summed E-state index contributed by atoms with van der Waals surface area (Å²) in [5, 5.41) is 5.64. The van der Waals surface area contributed by atoms with Gasteiger partial charge in [0.15, 0.2) is 0 Å². The van der Waals surface area contributed by atoms with E-state index >= 15 is 0 Å². The van der Waals surface area contributed by atoms with Crippen molar-refractivity contribution in [3.8, 4) is 5.75 Å². The zero-order chi connectivity index (χ0) is 18.7. The van der Waals surface area contributed by atoms with Crippen LogP contribution in [0.5, 0.6) is 5.75 Å². The largest absolute Gasteiger partial charge is 0.497 e. The van der Waals surface area contributed by atoms with Crippen LogP contribution in [-0.2, 0) is 9.59 Å². The van der Waals surface area contributed by atoms with Crippen molar-refractivity contribution in [2.24, 2.45) is 0 Å². The molecule has 0 aliphatic carbocycles. The Kier molecular flexibility index (Phi) is 5.21. The molecular formula is C20H21FN2O3. The molecule has 2 unspecified atom stereocenters. The van der Waals surface area contributed by atoms with E-state index in [0.29, 0.717) is 17.7 Å². The van der Waals surface area contributed by atoms with Crippen LogP contribution in [0.1, 0.15) is 42.9 Å². The fourth-order valence-corrected chi connectivity index (χ4v) is 3.20. The Morgan fingerprint density at radius 3 is 2.69 bits per heavy atom. The van der Waals surface area contributed by atoms with Crippen LogP contribution < -0.4 is 15.4 Å². The molecule has 0 aromatic heterocycles. The Hall–Kier alpha value is -2.89. The molecule has 0 fully saturated rings. The van der Waals surface area contributed by atoms with Gasteiger partial charge in [0.25, 0.3) is 0 Å². The lowest BCUT2D eigenvalue weighted by molar-refractivity contribution is -0.126. The van der Waals surface area contributed by atoms with Crippen molar-refractivity contribution >= 4 is 17.5 Å². The number of amides is 2. The predicted octanol–water partition coefficient (Wildman–Crippen LogP) is 3.53. The first-order valence-corrected chi connectivity index (χ1v) is 8.55. The van der Waals surface area contributed by atoms with Gasteiger partial charge >= 0.3 is 0 Å². The summed E-state index contributed by atoms with van der Waals surface area (Å²) < 4.78 is 18.6. The molecule has 0 radical (unpaired) electrons. The van der Waals surface area contributed by atoms with E-state index in [0.717, 1.165) is 11.3 Å². The van der Waals surface area contributed by atoms with E-state index in [1.807, 2.05) is 31.2 Å². The molecule has 2 amide bonds. The highest BCUT2D eigenvalue weighted by molar-refractivity contribution is 6.01. The van der Waals surface area contributed by atoms with Crippen molar-refractivity contribution in [1.29, 1.82) is 0 Å². The number of carbonyl (C=O) groups is 2. The third-order valence-electron chi connectivity index (χ3n) is 4.61. The molecule has 0 saturated carbocycles. The summed E-state index contributed by atoms with van der Waals surface area (Å²) in [6, 6.07) is 11.4. The topological polar surface area (TPSA) is 67.4 Å². The molecule has 26 heavy (non-hydrogen) atoms. The van der Waals surface area contributed by atoms with Gasteiger partial charge < -0.3 is 15.4 Å². The molecule has 1 aliphatic rings. The lowest BCUT2D eigenvalue weighted by Crippen LogP contribution is -2.37. The van der Waals surface area contributed by atoms with Crippen molar-refractivity contribution in [2.45, 2.75) is 31.7 Å². The Morgan fingerprint density at radius 1 is 1.31 bits per heavy atom. The molecule has 3 rings (SSSR count). The third kappa shape index (κ3) is 3.69. The summed E-state index contributed by atoms with van der Waals surface area (Å²) in [6.07, 6.45) is 0.747. The number of hydrogen-bond donors (Lipinski definition) is 2. The van der Waals surface area contributed by atoms with Gasteiger partial charge in [-0.2, -0.15) is 0 Å². The molecule has 1 heterocycles. The van der Waals surface area contributed by atoms with Gasteiger partial charge in [-0.3, -0.25) is 9.59 Å². The van der Waals surface area contributed by atoms with Gasteiger partial charge in [-0.25, -0.2) is 4.39 Å². The van der Waals surface area contributed by atoms with Crippen molar-refractivity contribution in [1.82, 2.24) is 5.32 Å². The Bertz CT molecular complexity index is 820. The van der Waals surface area contributed by atoms with Crippen LogP contribution >= 0.6 is 0 Å². The Balaban J connectivity index is 1.81. The smallest absolute Gasteiger partial charge is 0.228 e. The number of methoxy groups -OCH3 is 1. The minimum atomic E-state index is -0.633. The second-order valence-electron chi connectivity index (χ2n) is 6.28. The van der Waals surface area contributed by atoms with E-state index in [4.69, 9.17) is 4.74 Å². The minimum Gasteiger partial charge on any atom is -0.497 e. The van der Waals surface area contributed by atoms with Crippen LogP contribution in [0, 0.1) is 5.82 Å². The number of fused-ring (bicyclic) bond motifs is 1. The van der Waals surface area contributed by atoms with Crippen molar-refractivity contribution in [3.63, 3.8) is 0 Å². The quantitative estimate of drug-likeness (QED) is 0.861. The van der Waals surface area contributed by atoms with E-state index in [2.05, 4.69) is 10.6 Å². The van der Waals surface area contributed by atoms with Crippen LogP contribution in [0.15, 0.2) is 42.5 Å². The molecule has 0 bridgehead atoms. The van der Waals surface area contributed by atoms with E-state index < -0.39 is 11.7 Å². The number of benzene rings is 2. The van der Waals surface area contributed by atoms with Gasteiger partial charge in [0.1, 0.15) is 11.6 Å². The molecule has 136 valence electrons. The third-order valence-corrected chi connectivity index (χ3v) is 4.61. The lowest BCUT2D eigenvalue weighted by atomic mass is 9.89. The van der Waals surface area contributed by atoms with Gasteiger partial charge in [0.2, 0.25) is 11.8 Å². The summed E-state index contributed by atoms with van der Waals surface area (Å²) in [4.78, 5) is 24.8. The highest BCUT2D eigenvalue weighted by atomic mass is 19.1. The number of anilines is 1. The fourth-order valence-electron chi connectivity index (χ4n) is 3.20. The summed E-state index contributed by atoms with van der Waals surface area (Å²) in [5.41, 5.74) is 1.95. The van der Waals surface area contributed by atoms with Crippen LogP contribution in [-0.4, -0.2) is 18.9 Å². The SMILES string of the molecule is CCC(NC(=O)C1CC(=O)Nc2cc(F)ccc21)c1ccc(OC)cc1. The summed E-state index contributed by atoms with van der Waals surface area (Å²) >= 11 is 0. The molecule has 6 heteroatoms. The van der Waals surface area contributed by atoms with E-state index in [1.54, 1.807) is 13.2 Å². The average molecular weight is 356 g/mol. The molecule has 1 aliphatic heterocycles. The first-order chi connectivity index (χ1) is 12.5. The van der Waals surface area contributed by atoms with E-state index in [1.165, 1.54) is 12.1 Å². The number of ether oxygens (including phenoxy) is 1. The molecular weight excluding hydrogens is 335 g/mol. The maximum absolute atomic E-state index is 13.4. The number of rotatable bonds is 5. The Labute approximate surface area is 151 Å². The number of hydrogen-bond acceptors (Lipinski definition) is 3. The van der Waals surface area contributed by atoms with Crippen molar-refractivity contribution in [3.05, 3.63) is 59.4 Å². The monoisotopic (exact) mass is 356 g/mol. The van der Waals surface area contributed by atoms with Crippen LogP contribution in [0.2, 0.25) is 0 Å². The molecule has 2 aromatic rings. The molecule has 5 nitrogen and oxygen atoms in total. The molecule has 0 saturated heterocycles. The lowest BCUT2D eigenvalue weighted by Gasteiger charge is -2.27. The zero-order valence-corrected chi connectivity index (χ0v) is 14.7. The second kappa shape index (κ2) is 7.56. The maximum Gasteiger partial charge on any atom is 0.228 e. The normalized spacial score (nSPS) is 17.0. The first kappa shape index (κ1) is 17.9. The van der Waals surface area contributed by atoms with Gasteiger partial charge in [-0.15, -0.1) is 0 Å². The number of carbonyl (C=O) groups excluding carboxylic acids is 2.